The van der Waals surface area contributed by atoms with E-state index in [1.807, 2.05) is 6.92 Å². The molecule has 25 heavy (non-hydrogen) atoms. The highest BCUT2D eigenvalue weighted by atomic mass is 32.2. The Balaban J connectivity index is 1.89. The summed E-state index contributed by atoms with van der Waals surface area (Å²) in [5, 5.41) is 6.63. The number of sulfone groups is 1. The largest absolute Gasteiger partial charge is 0.334 e. The number of amides is 2. The van der Waals surface area contributed by atoms with Crippen molar-refractivity contribution in [2.45, 2.75) is 37.8 Å². The molecule has 0 saturated heterocycles. The first-order valence-corrected chi connectivity index (χ1v) is 10.3. The molecule has 2 aromatic rings. The normalized spacial score (nSPS) is 12.6. The maximum atomic E-state index is 13.1. The number of benzene rings is 1. The van der Waals surface area contributed by atoms with Crippen LogP contribution in [0.4, 0.5) is 14.3 Å². The summed E-state index contributed by atoms with van der Waals surface area (Å²) in [6.45, 7) is 3.66. The molecule has 0 aliphatic rings. The van der Waals surface area contributed by atoms with E-state index in [1.54, 1.807) is 24.4 Å². The molecule has 2 amide bonds. The summed E-state index contributed by atoms with van der Waals surface area (Å²) in [5.41, 5.74) is 1.04. The van der Waals surface area contributed by atoms with Gasteiger partial charge in [-0.3, -0.25) is 5.32 Å². The second-order valence-corrected chi connectivity index (χ2v) is 8.88. The Morgan fingerprint density at radius 3 is 2.84 bits per heavy atom. The summed E-state index contributed by atoms with van der Waals surface area (Å²) in [6.07, 6.45) is 0.542. The van der Waals surface area contributed by atoms with Crippen LogP contribution in [0, 0.1) is 5.82 Å². The predicted octanol–water partition coefficient (Wildman–Crippen LogP) is 3.32. The molecule has 2 N–H and O–H groups in total. The Bertz CT molecular complexity index is 837. The van der Waals surface area contributed by atoms with Gasteiger partial charge in [0.25, 0.3) is 0 Å². The molecular weight excluding hydrogens is 365 g/mol. The third kappa shape index (κ3) is 5.79. The molecule has 136 valence electrons. The fourth-order valence-electron chi connectivity index (χ4n) is 2.00. The minimum atomic E-state index is -3.25. The minimum absolute atomic E-state index is 0.148. The number of hydrogen-bond acceptors (Lipinski definition) is 5. The van der Waals surface area contributed by atoms with Crippen molar-refractivity contribution in [3.63, 3.8) is 0 Å². The van der Waals surface area contributed by atoms with Gasteiger partial charge in [0, 0.05) is 11.9 Å². The van der Waals surface area contributed by atoms with Crippen LogP contribution in [0.3, 0.4) is 0 Å². The van der Waals surface area contributed by atoms with E-state index in [-0.39, 0.29) is 18.1 Å². The summed E-state index contributed by atoms with van der Waals surface area (Å²) in [7, 11) is -3.25. The summed E-state index contributed by atoms with van der Waals surface area (Å²) in [4.78, 5) is 16.0. The van der Waals surface area contributed by atoms with Gasteiger partial charge in [0.2, 0.25) is 0 Å². The van der Waals surface area contributed by atoms with Gasteiger partial charge >= 0.3 is 6.03 Å². The van der Waals surface area contributed by atoms with Crippen LogP contribution in [-0.2, 0) is 22.1 Å². The number of carbonyl (C=O) groups excluding carboxylic acids is 1. The Morgan fingerprint density at radius 2 is 2.16 bits per heavy atom. The molecule has 2 rings (SSSR count). The fraction of sp³-hybridized carbons (Fsp3) is 0.375. The zero-order chi connectivity index (χ0) is 18.4. The Morgan fingerprint density at radius 1 is 1.40 bits per heavy atom. The highest BCUT2D eigenvalue weighted by molar-refractivity contribution is 7.91. The van der Waals surface area contributed by atoms with E-state index in [4.69, 9.17) is 0 Å². The second-order valence-electron chi connectivity index (χ2n) is 5.61. The van der Waals surface area contributed by atoms with Crippen LogP contribution in [0.15, 0.2) is 29.6 Å². The monoisotopic (exact) mass is 385 g/mol. The number of thiazole rings is 1. The number of rotatable bonds is 7. The number of nitrogens with zero attached hydrogens (tertiary/aromatic N) is 1. The third-order valence-corrected chi connectivity index (χ3v) is 6.72. The first-order valence-electron chi connectivity index (χ1n) is 7.75. The predicted molar refractivity (Wildman–Crippen MR) is 96.7 cm³/mol. The molecule has 0 spiro atoms. The average Bonchev–Trinajstić information content (AvgIpc) is 2.98. The molecule has 1 aromatic carbocycles. The zero-order valence-electron chi connectivity index (χ0n) is 14.0. The quantitative estimate of drug-likeness (QED) is 0.765. The van der Waals surface area contributed by atoms with Gasteiger partial charge in [0.15, 0.2) is 15.0 Å². The Labute approximate surface area is 150 Å². The van der Waals surface area contributed by atoms with Gasteiger partial charge in [-0.1, -0.05) is 19.1 Å². The van der Waals surface area contributed by atoms with Crippen LogP contribution in [0.1, 0.15) is 31.5 Å². The highest BCUT2D eigenvalue weighted by Crippen LogP contribution is 2.19. The van der Waals surface area contributed by atoms with Crippen LogP contribution >= 0.6 is 11.3 Å². The van der Waals surface area contributed by atoms with Crippen LogP contribution in [0.25, 0.3) is 0 Å². The average molecular weight is 385 g/mol. The molecule has 0 aliphatic heterocycles. The van der Waals surface area contributed by atoms with Crippen LogP contribution in [-0.4, -0.2) is 24.7 Å². The molecule has 0 radical (unpaired) electrons. The molecule has 1 unspecified atom stereocenters. The van der Waals surface area contributed by atoms with E-state index in [0.717, 1.165) is 11.3 Å². The van der Waals surface area contributed by atoms with Gasteiger partial charge in [-0.05, 0) is 31.0 Å². The van der Waals surface area contributed by atoms with Gasteiger partial charge in [-0.2, -0.15) is 0 Å². The summed E-state index contributed by atoms with van der Waals surface area (Å²) >= 11 is 1.15. The lowest BCUT2D eigenvalue weighted by molar-refractivity contribution is 0.251. The maximum Gasteiger partial charge on any atom is 0.321 e. The lowest BCUT2D eigenvalue weighted by atomic mass is 10.2. The molecule has 0 fully saturated rings. The first kappa shape index (κ1) is 19.3. The van der Waals surface area contributed by atoms with Crippen LogP contribution in [0.2, 0.25) is 0 Å². The number of hydrogen-bond donors (Lipinski definition) is 2. The molecule has 1 heterocycles. The number of nitrogens with one attached hydrogen (secondary N) is 2. The number of halogens is 1. The van der Waals surface area contributed by atoms with Crippen molar-refractivity contribution in [3.8, 4) is 0 Å². The van der Waals surface area contributed by atoms with E-state index in [9.17, 15) is 17.6 Å². The Kier molecular flexibility index (Phi) is 6.49. The van der Waals surface area contributed by atoms with E-state index in [1.165, 1.54) is 12.1 Å². The number of aromatic nitrogens is 1. The van der Waals surface area contributed by atoms with Gasteiger partial charge in [0.1, 0.15) is 5.82 Å². The van der Waals surface area contributed by atoms with Gasteiger partial charge in [0.05, 0.1) is 16.7 Å². The minimum Gasteiger partial charge on any atom is -0.334 e. The van der Waals surface area contributed by atoms with Crippen molar-refractivity contribution in [1.29, 1.82) is 0 Å². The summed E-state index contributed by atoms with van der Waals surface area (Å²) in [5.74, 6) is -0.516. The molecule has 1 atom stereocenters. The molecule has 1 aromatic heterocycles. The first-order chi connectivity index (χ1) is 11.8. The summed E-state index contributed by atoms with van der Waals surface area (Å²) in [6, 6.07) is 5.44. The molecule has 0 aliphatic carbocycles. The number of carbonyl (C=O) groups is 1. The van der Waals surface area contributed by atoms with E-state index < -0.39 is 21.1 Å². The van der Waals surface area contributed by atoms with Gasteiger partial charge < -0.3 is 5.32 Å². The smallest absolute Gasteiger partial charge is 0.321 e. The van der Waals surface area contributed by atoms with E-state index >= 15 is 0 Å². The van der Waals surface area contributed by atoms with E-state index in [0.29, 0.717) is 22.8 Å². The molecule has 0 saturated carbocycles. The number of anilines is 1. The SMILES string of the molecule is CCC(C)S(=O)(=O)Cc1csc(NC(=O)NCc2cccc(F)c2)n1. The van der Waals surface area contributed by atoms with Gasteiger partial charge in [-0.15, -0.1) is 11.3 Å². The zero-order valence-corrected chi connectivity index (χ0v) is 15.6. The topological polar surface area (TPSA) is 88.2 Å². The van der Waals surface area contributed by atoms with Gasteiger partial charge in [-0.25, -0.2) is 22.6 Å². The highest BCUT2D eigenvalue weighted by Gasteiger charge is 2.21. The number of urea groups is 1. The van der Waals surface area contributed by atoms with Crippen molar-refractivity contribution in [1.82, 2.24) is 10.3 Å². The van der Waals surface area contributed by atoms with Crippen molar-refractivity contribution in [2.75, 3.05) is 5.32 Å². The lowest BCUT2D eigenvalue weighted by Gasteiger charge is -2.08. The Hall–Kier alpha value is -2.00. The lowest BCUT2D eigenvalue weighted by Crippen LogP contribution is -2.28. The van der Waals surface area contributed by atoms with Crippen molar-refractivity contribution in [3.05, 3.63) is 46.7 Å². The molecular formula is C16H20FN3O3S2. The third-order valence-electron chi connectivity index (χ3n) is 3.65. The molecule has 9 heteroatoms. The molecule has 6 nitrogen and oxygen atoms in total. The fourth-order valence-corrected chi connectivity index (χ4v) is 4.17. The molecule has 0 bridgehead atoms. The standard InChI is InChI=1S/C16H20FN3O3S2/c1-3-11(2)25(22,23)10-14-9-24-16(19-14)20-15(21)18-8-12-5-4-6-13(17)7-12/h4-7,9,11H,3,8,10H2,1-2H3,(H2,18,19,20,21). The van der Waals surface area contributed by atoms with Crippen LogP contribution < -0.4 is 10.6 Å². The van der Waals surface area contributed by atoms with Crippen LogP contribution in [0.5, 0.6) is 0 Å². The summed E-state index contributed by atoms with van der Waals surface area (Å²) < 4.78 is 37.2. The second kappa shape index (κ2) is 8.39. The van der Waals surface area contributed by atoms with Crippen molar-refractivity contribution < 1.29 is 17.6 Å². The maximum absolute atomic E-state index is 13.1. The van der Waals surface area contributed by atoms with Crippen molar-refractivity contribution in [2.24, 2.45) is 0 Å². The van der Waals surface area contributed by atoms with Crippen molar-refractivity contribution >= 4 is 32.3 Å². The van der Waals surface area contributed by atoms with E-state index in [2.05, 4.69) is 15.6 Å².